The molecule has 1 fully saturated rings. The predicted octanol–water partition coefficient (Wildman–Crippen LogP) is 2.29. The molecule has 1 aromatic carbocycles. The Morgan fingerprint density at radius 3 is 2.86 bits per heavy atom. The third-order valence-electron chi connectivity index (χ3n) is 5.77. The molecule has 0 bridgehead atoms. The molecular weight excluding hydrogens is 360 g/mol. The van der Waals surface area contributed by atoms with E-state index in [2.05, 4.69) is 19.2 Å². The highest BCUT2D eigenvalue weighted by molar-refractivity contribution is 5.98. The van der Waals surface area contributed by atoms with Crippen molar-refractivity contribution in [2.24, 2.45) is 11.8 Å². The summed E-state index contributed by atoms with van der Waals surface area (Å²) in [6.07, 6.45) is 3.27. The summed E-state index contributed by atoms with van der Waals surface area (Å²) in [5.41, 5.74) is 0.643. The van der Waals surface area contributed by atoms with Gasteiger partial charge in [0.2, 0.25) is 0 Å². The van der Waals surface area contributed by atoms with Crippen molar-refractivity contribution < 1.29 is 23.9 Å². The van der Waals surface area contributed by atoms with Crippen molar-refractivity contribution in [1.29, 1.82) is 0 Å². The van der Waals surface area contributed by atoms with E-state index in [1.165, 1.54) is 11.3 Å². The molecular formula is C21H28N2O5. The summed E-state index contributed by atoms with van der Waals surface area (Å²) in [7, 11) is 0. The summed E-state index contributed by atoms with van der Waals surface area (Å²) in [6.45, 7) is 4.21. The van der Waals surface area contributed by atoms with Crippen molar-refractivity contribution in [3.8, 4) is 5.75 Å². The molecule has 152 valence electrons. The van der Waals surface area contributed by atoms with Crippen LogP contribution in [0.2, 0.25) is 0 Å². The first-order chi connectivity index (χ1) is 13.5. The fourth-order valence-electron chi connectivity index (χ4n) is 3.85. The minimum absolute atomic E-state index is 0.0181. The molecule has 2 aliphatic rings. The van der Waals surface area contributed by atoms with E-state index in [0.717, 1.165) is 12.8 Å². The van der Waals surface area contributed by atoms with Crippen LogP contribution in [0.4, 0.5) is 5.69 Å². The Balaban J connectivity index is 1.43. The van der Waals surface area contributed by atoms with Gasteiger partial charge in [-0.1, -0.05) is 38.8 Å². The minimum Gasteiger partial charge on any atom is -0.482 e. The first-order valence-corrected chi connectivity index (χ1v) is 9.93. The topological polar surface area (TPSA) is 84.9 Å². The van der Waals surface area contributed by atoms with Gasteiger partial charge >= 0.3 is 5.97 Å². The largest absolute Gasteiger partial charge is 0.482 e. The molecule has 0 unspecified atom stereocenters. The van der Waals surface area contributed by atoms with Crippen LogP contribution in [0.15, 0.2) is 24.3 Å². The third-order valence-corrected chi connectivity index (χ3v) is 5.77. The quantitative estimate of drug-likeness (QED) is 0.756. The molecule has 1 N–H and O–H groups in total. The van der Waals surface area contributed by atoms with E-state index in [1.807, 2.05) is 12.1 Å². The zero-order valence-electron chi connectivity index (χ0n) is 16.5. The Bertz CT molecular complexity index is 735. The molecule has 1 aliphatic heterocycles. The Labute approximate surface area is 165 Å². The summed E-state index contributed by atoms with van der Waals surface area (Å²) in [4.78, 5) is 37.8. The molecule has 0 spiro atoms. The smallest absolute Gasteiger partial charge is 0.308 e. The monoisotopic (exact) mass is 388 g/mol. The van der Waals surface area contributed by atoms with Gasteiger partial charge in [-0.2, -0.15) is 0 Å². The van der Waals surface area contributed by atoms with E-state index < -0.39 is 5.97 Å². The third kappa shape index (κ3) is 4.82. The lowest BCUT2D eigenvalue weighted by atomic mass is 9.78. The molecule has 0 radical (unpaired) electrons. The second kappa shape index (κ2) is 9.08. The number of carbonyl (C=O) groups excluding carboxylic acids is 3. The molecule has 1 saturated carbocycles. The van der Waals surface area contributed by atoms with Crippen molar-refractivity contribution in [1.82, 2.24) is 5.32 Å². The van der Waals surface area contributed by atoms with Crippen LogP contribution in [-0.4, -0.2) is 43.6 Å². The van der Waals surface area contributed by atoms with Gasteiger partial charge in [-0.25, -0.2) is 0 Å². The van der Waals surface area contributed by atoms with E-state index in [4.69, 9.17) is 9.47 Å². The number of nitrogens with zero attached hydrogens (tertiary/aromatic N) is 1. The highest BCUT2D eigenvalue weighted by Crippen LogP contribution is 2.31. The Morgan fingerprint density at radius 2 is 2.04 bits per heavy atom. The number of hydrogen-bond acceptors (Lipinski definition) is 5. The van der Waals surface area contributed by atoms with Gasteiger partial charge in [0.25, 0.3) is 11.8 Å². The molecule has 0 saturated heterocycles. The molecule has 7 nitrogen and oxygen atoms in total. The van der Waals surface area contributed by atoms with Gasteiger partial charge in [0.15, 0.2) is 13.2 Å². The van der Waals surface area contributed by atoms with E-state index in [-0.39, 0.29) is 44.0 Å². The molecule has 7 heteroatoms. The van der Waals surface area contributed by atoms with Gasteiger partial charge in [-0.3, -0.25) is 14.4 Å². The van der Waals surface area contributed by atoms with Crippen molar-refractivity contribution in [2.45, 2.75) is 45.6 Å². The number of para-hydroxylation sites is 2. The summed E-state index contributed by atoms with van der Waals surface area (Å²) in [5, 5.41) is 2.98. The molecule has 1 aromatic rings. The standard InChI is InChI=1S/C21H28N2O5/c1-14-6-5-7-16(15(14)2)22-19(24)12-28-21(26)10-11-23-17-8-3-4-9-18(17)27-13-20(23)25/h3-4,8-9,14-16H,5-7,10-13H2,1-2H3,(H,22,24)/t14-,15-,16+/m1/s1. The van der Waals surface area contributed by atoms with Crippen molar-refractivity contribution in [3.63, 3.8) is 0 Å². The highest BCUT2D eigenvalue weighted by Gasteiger charge is 2.29. The number of benzene rings is 1. The van der Waals surface area contributed by atoms with E-state index in [9.17, 15) is 14.4 Å². The zero-order valence-corrected chi connectivity index (χ0v) is 16.5. The summed E-state index contributed by atoms with van der Waals surface area (Å²) in [6, 6.07) is 7.33. The van der Waals surface area contributed by atoms with Crippen LogP contribution in [0.1, 0.15) is 39.5 Å². The van der Waals surface area contributed by atoms with E-state index in [1.54, 1.807) is 12.1 Å². The molecule has 1 heterocycles. The van der Waals surface area contributed by atoms with Gasteiger partial charge in [0.05, 0.1) is 12.1 Å². The number of hydrogen-bond donors (Lipinski definition) is 1. The maximum absolute atomic E-state index is 12.1. The molecule has 1 aliphatic carbocycles. The van der Waals surface area contributed by atoms with Gasteiger partial charge < -0.3 is 19.7 Å². The van der Waals surface area contributed by atoms with Crippen LogP contribution in [0.5, 0.6) is 5.75 Å². The highest BCUT2D eigenvalue weighted by atomic mass is 16.5. The van der Waals surface area contributed by atoms with Gasteiger partial charge in [-0.05, 0) is 30.4 Å². The molecule has 28 heavy (non-hydrogen) atoms. The number of nitrogens with one attached hydrogen (secondary N) is 1. The van der Waals surface area contributed by atoms with E-state index in [0.29, 0.717) is 23.3 Å². The van der Waals surface area contributed by atoms with Crippen molar-refractivity contribution in [2.75, 3.05) is 24.7 Å². The van der Waals surface area contributed by atoms with Gasteiger partial charge in [0.1, 0.15) is 5.75 Å². The molecule has 0 aromatic heterocycles. The lowest BCUT2D eigenvalue weighted by Crippen LogP contribution is -2.45. The van der Waals surface area contributed by atoms with Crippen LogP contribution in [0, 0.1) is 11.8 Å². The minimum atomic E-state index is -0.503. The summed E-state index contributed by atoms with van der Waals surface area (Å²) in [5.74, 6) is 0.635. The number of fused-ring (bicyclic) bond motifs is 1. The maximum atomic E-state index is 12.1. The second-order valence-electron chi connectivity index (χ2n) is 7.65. The SMILES string of the molecule is C[C@@H]1[C@H](C)CCC[C@@H]1NC(=O)COC(=O)CCN1C(=O)COc2ccccc21. The number of anilines is 1. The lowest BCUT2D eigenvalue weighted by molar-refractivity contribution is -0.148. The van der Waals surface area contributed by atoms with Crippen LogP contribution in [0.25, 0.3) is 0 Å². The average Bonchev–Trinajstić information content (AvgIpc) is 2.69. The normalized spacial score (nSPS) is 24.1. The van der Waals surface area contributed by atoms with E-state index >= 15 is 0 Å². The summed E-state index contributed by atoms with van der Waals surface area (Å²) >= 11 is 0. The van der Waals surface area contributed by atoms with Gasteiger partial charge in [-0.15, -0.1) is 0 Å². The fourth-order valence-corrected chi connectivity index (χ4v) is 3.85. The Kier molecular flexibility index (Phi) is 6.54. The van der Waals surface area contributed by atoms with Gasteiger partial charge in [0, 0.05) is 12.6 Å². The second-order valence-corrected chi connectivity index (χ2v) is 7.65. The van der Waals surface area contributed by atoms with Crippen molar-refractivity contribution >= 4 is 23.5 Å². The first-order valence-electron chi connectivity index (χ1n) is 9.93. The molecule has 3 atom stereocenters. The zero-order chi connectivity index (χ0) is 20.1. The fraction of sp³-hybridized carbons (Fsp3) is 0.571. The summed E-state index contributed by atoms with van der Waals surface area (Å²) < 4.78 is 10.5. The Hall–Kier alpha value is -2.57. The Morgan fingerprint density at radius 1 is 1.25 bits per heavy atom. The molecule has 3 rings (SSSR count). The molecule has 2 amide bonds. The van der Waals surface area contributed by atoms with Crippen LogP contribution in [-0.2, 0) is 19.1 Å². The lowest BCUT2D eigenvalue weighted by Gasteiger charge is -2.34. The first kappa shape index (κ1) is 20.2. The van der Waals surface area contributed by atoms with Crippen LogP contribution >= 0.6 is 0 Å². The number of rotatable bonds is 6. The van der Waals surface area contributed by atoms with Crippen molar-refractivity contribution in [3.05, 3.63) is 24.3 Å². The maximum Gasteiger partial charge on any atom is 0.308 e. The predicted molar refractivity (Wildman–Crippen MR) is 104 cm³/mol. The average molecular weight is 388 g/mol. The van der Waals surface area contributed by atoms with Crippen LogP contribution in [0.3, 0.4) is 0 Å². The number of amides is 2. The number of carbonyl (C=O) groups is 3. The number of esters is 1. The number of ether oxygens (including phenoxy) is 2. The van der Waals surface area contributed by atoms with Crippen LogP contribution < -0.4 is 15.0 Å².